The molecule has 2 amide bonds. The topological polar surface area (TPSA) is 74.7 Å². The minimum Gasteiger partial charge on any atom is -0.478 e. The Kier molecular flexibility index (Phi) is 2.73. The van der Waals surface area contributed by atoms with Crippen LogP contribution in [0.15, 0.2) is 36.4 Å². The number of carboxylic acids is 1. The van der Waals surface area contributed by atoms with E-state index in [1.165, 1.54) is 29.2 Å². The highest BCUT2D eigenvalue weighted by Crippen LogP contribution is 2.50. The van der Waals surface area contributed by atoms with Crippen molar-refractivity contribution in [2.75, 3.05) is 4.90 Å². The smallest absolute Gasteiger partial charge is 0.335 e. The van der Waals surface area contributed by atoms with Gasteiger partial charge in [0, 0.05) is 0 Å². The van der Waals surface area contributed by atoms with Gasteiger partial charge in [0.15, 0.2) is 0 Å². The molecule has 1 saturated carbocycles. The second-order valence-electron chi connectivity index (χ2n) is 6.21. The number of anilines is 1. The number of allylic oxidation sites excluding steroid dienone is 2. The molecule has 0 unspecified atom stereocenters. The maximum absolute atomic E-state index is 12.7. The maximum Gasteiger partial charge on any atom is 0.335 e. The van der Waals surface area contributed by atoms with Crippen LogP contribution in [0.3, 0.4) is 0 Å². The number of aromatic carboxylic acids is 1. The third-order valence-corrected chi connectivity index (χ3v) is 5.13. The first-order valence-corrected chi connectivity index (χ1v) is 7.47. The highest BCUT2D eigenvalue weighted by atomic mass is 16.4. The normalized spacial score (nSPS) is 32.5. The minimum atomic E-state index is -1.03. The Labute approximate surface area is 127 Å². The van der Waals surface area contributed by atoms with Crippen LogP contribution in [-0.4, -0.2) is 22.9 Å². The largest absolute Gasteiger partial charge is 0.478 e. The quantitative estimate of drug-likeness (QED) is 0.670. The van der Waals surface area contributed by atoms with Crippen LogP contribution >= 0.6 is 0 Å². The highest BCUT2D eigenvalue weighted by Gasteiger charge is 2.56. The summed E-state index contributed by atoms with van der Waals surface area (Å²) >= 11 is 0. The SMILES string of the molecule is O=C(O)c1ccc(N2C(=O)[C@@H]3[C@@H](C2=O)[C@H]2C=C[C@@H]3CC2)cc1. The summed E-state index contributed by atoms with van der Waals surface area (Å²) in [6.45, 7) is 0. The summed E-state index contributed by atoms with van der Waals surface area (Å²) in [6.07, 6.45) is 6.09. The van der Waals surface area contributed by atoms with E-state index in [1.807, 2.05) is 0 Å². The zero-order chi connectivity index (χ0) is 15.4. The summed E-state index contributed by atoms with van der Waals surface area (Å²) in [5.41, 5.74) is 0.607. The van der Waals surface area contributed by atoms with Gasteiger partial charge in [0.25, 0.3) is 0 Å². The number of hydrogen-bond acceptors (Lipinski definition) is 3. The van der Waals surface area contributed by atoms with E-state index in [0.29, 0.717) is 5.69 Å². The fraction of sp³-hybridized carbons (Fsp3) is 0.353. The Bertz CT molecular complexity index is 674. The number of fused-ring (bicyclic) bond motifs is 1. The van der Waals surface area contributed by atoms with Crippen LogP contribution in [0.5, 0.6) is 0 Å². The molecule has 112 valence electrons. The molecule has 5 nitrogen and oxygen atoms in total. The number of benzene rings is 1. The second-order valence-corrected chi connectivity index (χ2v) is 6.21. The summed E-state index contributed by atoms with van der Waals surface area (Å²) < 4.78 is 0. The molecule has 2 fully saturated rings. The Morgan fingerprint density at radius 1 is 0.955 bits per heavy atom. The Balaban J connectivity index is 1.70. The van der Waals surface area contributed by atoms with Crippen LogP contribution in [0.25, 0.3) is 0 Å². The number of imide groups is 1. The molecular weight excluding hydrogens is 282 g/mol. The lowest BCUT2D eigenvalue weighted by Gasteiger charge is -2.38. The van der Waals surface area contributed by atoms with Crippen molar-refractivity contribution in [2.45, 2.75) is 12.8 Å². The van der Waals surface area contributed by atoms with Gasteiger partial charge in [0.05, 0.1) is 23.1 Å². The lowest BCUT2D eigenvalue weighted by atomic mass is 9.63. The summed E-state index contributed by atoms with van der Waals surface area (Å²) in [5.74, 6) is -1.47. The third kappa shape index (κ3) is 1.68. The van der Waals surface area contributed by atoms with Gasteiger partial charge in [0.2, 0.25) is 11.8 Å². The summed E-state index contributed by atoms with van der Waals surface area (Å²) in [5, 5.41) is 8.94. The predicted molar refractivity (Wildman–Crippen MR) is 78.2 cm³/mol. The first kappa shape index (κ1) is 13.2. The van der Waals surface area contributed by atoms with Crippen molar-refractivity contribution in [3.8, 4) is 0 Å². The van der Waals surface area contributed by atoms with Crippen LogP contribution in [0.4, 0.5) is 5.69 Å². The first-order chi connectivity index (χ1) is 10.6. The maximum atomic E-state index is 12.7. The van der Waals surface area contributed by atoms with E-state index in [4.69, 9.17) is 5.11 Å². The lowest BCUT2D eigenvalue weighted by Crippen LogP contribution is -2.38. The van der Waals surface area contributed by atoms with Gasteiger partial charge in [0.1, 0.15) is 0 Å². The van der Waals surface area contributed by atoms with Gasteiger partial charge in [-0.05, 0) is 48.9 Å². The van der Waals surface area contributed by atoms with Crippen molar-refractivity contribution >= 4 is 23.5 Å². The van der Waals surface area contributed by atoms with Crippen molar-refractivity contribution < 1.29 is 19.5 Å². The van der Waals surface area contributed by atoms with Gasteiger partial charge in [-0.2, -0.15) is 0 Å². The van der Waals surface area contributed by atoms with Crippen LogP contribution in [0.1, 0.15) is 23.2 Å². The molecule has 3 aliphatic carbocycles. The van der Waals surface area contributed by atoms with Crippen LogP contribution in [0, 0.1) is 23.7 Å². The van der Waals surface area contributed by atoms with Crippen molar-refractivity contribution in [3.63, 3.8) is 0 Å². The van der Waals surface area contributed by atoms with E-state index in [-0.39, 0.29) is 41.0 Å². The molecule has 0 radical (unpaired) electrons. The molecule has 4 atom stereocenters. The molecule has 2 bridgehead atoms. The average Bonchev–Trinajstić information content (AvgIpc) is 2.82. The predicted octanol–water partition coefficient (Wildman–Crippen LogP) is 2.09. The molecule has 0 aromatic heterocycles. The van der Waals surface area contributed by atoms with Gasteiger partial charge < -0.3 is 5.11 Å². The van der Waals surface area contributed by atoms with Crippen molar-refractivity contribution in [3.05, 3.63) is 42.0 Å². The summed E-state index contributed by atoms with van der Waals surface area (Å²) in [7, 11) is 0. The number of carboxylic acid groups (broad SMARTS) is 1. The van der Waals surface area contributed by atoms with E-state index in [2.05, 4.69) is 12.2 Å². The summed E-state index contributed by atoms with van der Waals surface area (Å²) in [6, 6.07) is 5.91. The van der Waals surface area contributed by atoms with Gasteiger partial charge in [-0.25, -0.2) is 4.79 Å². The number of rotatable bonds is 2. The third-order valence-electron chi connectivity index (χ3n) is 5.13. The lowest BCUT2D eigenvalue weighted by molar-refractivity contribution is -0.124. The van der Waals surface area contributed by atoms with Gasteiger partial charge in [-0.3, -0.25) is 14.5 Å². The van der Waals surface area contributed by atoms with E-state index in [9.17, 15) is 14.4 Å². The van der Waals surface area contributed by atoms with Gasteiger partial charge in [-0.15, -0.1) is 0 Å². The average molecular weight is 297 g/mol. The zero-order valence-corrected chi connectivity index (χ0v) is 11.8. The number of carbonyl (C=O) groups is 3. The molecule has 0 spiro atoms. The molecule has 5 rings (SSSR count). The molecular formula is C17H15NO4. The molecule has 1 saturated heterocycles. The fourth-order valence-electron chi connectivity index (χ4n) is 4.08. The molecule has 22 heavy (non-hydrogen) atoms. The molecule has 1 aromatic rings. The Morgan fingerprint density at radius 3 is 1.86 bits per heavy atom. The molecule has 4 aliphatic rings. The Hall–Kier alpha value is -2.43. The van der Waals surface area contributed by atoms with Crippen molar-refractivity contribution in [1.29, 1.82) is 0 Å². The molecule has 1 N–H and O–H groups in total. The molecule has 1 aliphatic heterocycles. The van der Waals surface area contributed by atoms with Crippen molar-refractivity contribution in [1.82, 2.24) is 0 Å². The van der Waals surface area contributed by atoms with E-state index in [0.717, 1.165) is 12.8 Å². The number of amides is 2. The molecule has 1 aromatic carbocycles. The van der Waals surface area contributed by atoms with Crippen LogP contribution < -0.4 is 4.90 Å². The number of carbonyl (C=O) groups excluding carboxylic acids is 2. The monoisotopic (exact) mass is 297 g/mol. The highest BCUT2D eigenvalue weighted by molar-refractivity contribution is 6.22. The molecule has 1 heterocycles. The zero-order valence-electron chi connectivity index (χ0n) is 11.8. The summed E-state index contributed by atoms with van der Waals surface area (Å²) in [4.78, 5) is 37.6. The number of hydrogen-bond donors (Lipinski definition) is 1. The van der Waals surface area contributed by atoms with Crippen LogP contribution in [-0.2, 0) is 9.59 Å². The minimum absolute atomic E-state index is 0.141. The van der Waals surface area contributed by atoms with E-state index < -0.39 is 5.97 Å². The van der Waals surface area contributed by atoms with E-state index in [1.54, 1.807) is 0 Å². The first-order valence-electron chi connectivity index (χ1n) is 7.47. The fourth-order valence-corrected chi connectivity index (χ4v) is 4.08. The van der Waals surface area contributed by atoms with Gasteiger partial charge in [-0.1, -0.05) is 12.2 Å². The van der Waals surface area contributed by atoms with Crippen molar-refractivity contribution in [2.24, 2.45) is 23.7 Å². The van der Waals surface area contributed by atoms with Crippen LogP contribution in [0.2, 0.25) is 0 Å². The standard InChI is InChI=1S/C17H15NO4/c19-15-13-9-1-2-10(4-3-9)14(13)16(20)18(15)12-7-5-11(6-8-12)17(21)22/h1-2,5-10,13-14H,3-4H2,(H,21,22)/t9-,10+,13-,14-/m0/s1. The van der Waals surface area contributed by atoms with Gasteiger partial charge >= 0.3 is 5.97 Å². The number of nitrogens with zero attached hydrogens (tertiary/aromatic N) is 1. The molecule has 5 heteroatoms. The van der Waals surface area contributed by atoms with E-state index >= 15 is 0 Å². The second kappa shape index (κ2) is 4.53. The Morgan fingerprint density at radius 2 is 1.45 bits per heavy atom.